The quantitative estimate of drug-likeness (QED) is 0.605. The van der Waals surface area contributed by atoms with Crippen LogP contribution in [0.2, 0.25) is 0 Å². The van der Waals surface area contributed by atoms with Crippen LogP contribution in [0.4, 0.5) is 0 Å². The fourth-order valence-electron chi connectivity index (χ4n) is 3.93. The first-order chi connectivity index (χ1) is 13.8. The minimum absolute atomic E-state index is 0.262. The van der Waals surface area contributed by atoms with Gasteiger partial charge in [-0.1, -0.05) is 78.9 Å². The van der Waals surface area contributed by atoms with Crippen LogP contribution in [0.3, 0.4) is 0 Å². The van der Waals surface area contributed by atoms with E-state index in [1.54, 1.807) is 0 Å². The van der Waals surface area contributed by atoms with Crippen molar-refractivity contribution in [1.82, 2.24) is 4.90 Å². The Labute approximate surface area is 167 Å². The molecule has 0 bridgehead atoms. The Morgan fingerprint density at radius 3 is 2.43 bits per heavy atom. The third-order valence-corrected chi connectivity index (χ3v) is 5.53. The Hall–Kier alpha value is -2.87. The van der Waals surface area contributed by atoms with Crippen molar-refractivity contribution in [3.63, 3.8) is 0 Å². The van der Waals surface area contributed by atoms with Gasteiger partial charge >= 0.3 is 0 Å². The van der Waals surface area contributed by atoms with Gasteiger partial charge in [-0.05, 0) is 54.4 Å². The minimum Gasteiger partial charge on any atom is -0.312 e. The SMILES string of the molecule is O=C1CC/C(=C\CCc2ccc(-c3ccccc3)cc2)N1CC1=CCCC=C1. The van der Waals surface area contributed by atoms with Gasteiger partial charge in [0.2, 0.25) is 5.91 Å². The topological polar surface area (TPSA) is 20.3 Å². The van der Waals surface area contributed by atoms with Crippen molar-refractivity contribution in [2.75, 3.05) is 6.54 Å². The lowest BCUT2D eigenvalue weighted by Gasteiger charge is -2.20. The molecule has 1 aliphatic carbocycles. The maximum Gasteiger partial charge on any atom is 0.227 e. The van der Waals surface area contributed by atoms with Crippen LogP contribution < -0.4 is 0 Å². The Kier molecular flexibility index (Phi) is 5.86. The van der Waals surface area contributed by atoms with Gasteiger partial charge in [0.15, 0.2) is 0 Å². The molecule has 1 saturated heterocycles. The highest BCUT2D eigenvalue weighted by atomic mass is 16.2. The van der Waals surface area contributed by atoms with Crippen LogP contribution in [0.5, 0.6) is 0 Å². The van der Waals surface area contributed by atoms with E-state index in [9.17, 15) is 4.79 Å². The van der Waals surface area contributed by atoms with Gasteiger partial charge in [0.1, 0.15) is 0 Å². The molecule has 0 radical (unpaired) electrons. The summed E-state index contributed by atoms with van der Waals surface area (Å²) in [6.45, 7) is 0.729. The Bertz CT molecular complexity index is 903. The molecule has 0 saturated carbocycles. The normalized spacial score (nSPS) is 18.0. The highest BCUT2D eigenvalue weighted by Gasteiger charge is 2.25. The number of hydrogen-bond acceptors (Lipinski definition) is 1. The average Bonchev–Trinajstić information content (AvgIpc) is 3.09. The summed E-state index contributed by atoms with van der Waals surface area (Å²) < 4.78 is 0. The molecule has 0 unspecified atom stereocenters. The molecular formula is C26H27NO. The number of allylic oxidation sites excluding steroid dienone is 4. The second-order valence-electron chi connectivity index (χ2n) is 7.54. The molecule has 2 heteroatoms. The Morgan fingerprint density at radius 1 is 0.893 bits per heavy atom. The summed E-state index contributed by atoms with van der Waals surface area (Å²) in [5.41, 5.74) is 6.31. The third-order valence-electron chi connectivity index (χ3n) is 5.53. The molecule has 1 amide bonds. The number of carbonyl (C=O) groups is 1. The molecule has 28 heavy (non-hydrogen) atoms. The van der Waals surface area contributed by atoms with Gasteiger partial charge in [0.05, 0.1) is 6.54 Å². The zero-order chi connectivity index (χ0) is 19.2. The molecular weight excluding hydrogens is 342 g/mol. The molecule has 142 valence electrons. The summed E-state index contributed by atoms with van der Waals surface area (Å²) in [6.07, 6.45) is 14.6. The average molecular weight is 370 g/mol. The summed E-state index contributed by atoms with van der Waals surface area (Å²) in [5, 5.41) is 0. The van der Waals surface area contributed by atoms with Gasteiger partial charge in [-0.3, -0.25) is 4.79 Å². The summed E-state index contributed by atoms with van der Waals surface area (Å²) in [7, 11) is 0. The Balaban J connectivity index is 1.36. The van der Waals surface area contributed by atoms with E-state index in [0.29, 0.717) is 6.42 Å². The smallest absolute Gasteiger partial charge is 0.227 e. The standard InChI is InChI=1S/C26H27NO/c28-26-19-18-25(27(26)20-22-8-3-1-4-9-22)13-7-10-21-14-16-24(17-15-21)23-11-5-2-6-12-23/h2-3,5-6,8-9,11-17H,1,4,7,10,18-20H2/b25-13+. The van der Waals surface area contributed by atoms with Crippen LogP contribution in [-0.4, -0.2) is 17.4 Å². The summed E-state index contributed by atoms with van der Waals surface area (Å²) >= 11 is 0. The number of likely N-dealkylation sites (tertiary alicyclic amines) is 1. The van der Waals surface area contributed by atoms with E-state index in [1.165, 1.54) is 28.0 Å². The van der Waals surface area contributed by atoms with Crippen molar-refractivity contribution < 1.29 is 4.79 Å². The molecule has 4 rings (SSSR count). The monoisotopic (exact) mass is 369 g/mol. The molecule has 2 aromatic carbocycles. The largest absolute Gasteiger partial charge is 0.312 e. The molecule has 2 nitrogen and oxygen atoms in total. The summed E-state index contributed by atoms with van der Waals surface area (Å²) in [6, 6.07) is 19.3. The van der Waals surface area contributed by atoms with Crippen molar-refractivity contribution in [2.24, 2.45) is 0 Å². The van der Waals surface area contributed by atoms with Crippen LogP contribution in [0.15, 0.2) is 90.2 Å². The van der Waals surface area contributed by atoms with Gasteiger partial charge in [-0.15, -0.1) is 0 Å². The van der Waals surface area contributed by atoms with Crippen molar-refractivity contribution in [3.8, 4) is 11.1 Å². The third kappa shape index (κ3) is 4.51. The first-order valence-electron chi connectivity index (χ1n) is 10.3. The molecule has 2 aliphatic rings. The van der Waals surface area contributed by atoms with E-state index in [-0.39, 0.29) is 5.91 Å². The predicted octanol–water partition coefficient (Wildman–Crippen LogP) is 6.07. The number of nitrogens with zero attached hydrogens (tertiary/aromatic N) is 1. The molecule has 0 aromatic heterocycles. The number of benzene rings is 2. The van der Waals surface area contributed by atoms with E-state index in [2.05, 4.69) is 72.8 Å². The van der Waals surface area contributed by atoms with Crippen LogP contribution >= 0.6 is 0 Å². The molecule has 0 N–H and O–H groups in total. The van der Waals surface area contributed by atoms with Gasteiger partial charge in [0.25, 0.3) is 0 Å². The van der Waals surface area contributed by atoms with E-state index in [0.717, 1.165) is 38.6 Å². The number of rotatable bonds is 6. The van der Waals surface area contributed by atoms with Crippen LogP contribution in [0.25, 0.3) is 11.1 Å². The lowest BCUT2D eigenvalue weighted by Crippen LogP contribution is -2.25. The van der Waals surface area contributed by atoms with Gasteiger partial charge in [-0.25, -0.2) is 0 Å². The van der Waals surface area contributed by atoms with Crippen LogP contribution in [0, 0.1) is 0 Å². The van der Waals surface area contributed by atoms with Gasteiger partial charge < -0.3 is 4.90 Å². The lowest BCUT2D eigenvalue weighted by atomic mass is 10.0. The molecule has 1 fully saturated rings. The van der Waals surface area contributed by atoms with Gasteiger partial charge in [-0.2, -0.15) is 0 Å². The summed E-state index contributed by atoms with van der Waals surface area (Å²) in [4.78, 5) is 14.3. The van der Waals surface area contributed by atoms with Crippen LogP contribution in [0.1, 0.15) is 37.7 Å². The highest BCUT2D eigenvalue weighted by molar-refractivity contribution is 5.81. The van der Waals surface area contributed by atoms with Crippen molar-refractivity contribution in [2.45, 2.75) is 38.5 Å². The number of hydrogen-bond donors (Lipinski definition) is 0. The fourth-order valence-corrected chi connectivity index (χ4v) is 3.93. The van der Waals surface area contributed by atoms with Crippen LogP contribution in [-0.2, 0) is 11.2 Å². The predicted molar refractivity (Wildman–Crippen MR) is 116 cm³/mol. The molecule has 0 spiro atoms. The zero-order valence-electron chi connectivity index (χ0n) is 16.3. The van der Waals surface area contributed by atoms with E-state index in [4.69, 9.17) is 0 Å². The molecule has 0 atom stereocenters. The number of aryl methyl sites for hydroxylation is 1. The van der Waals surface area contributed by atoms with Crippen molar-refractivity contribution in [3.05, 3.63) is 95.7 Å². The summed E-state index contributed by atoms with van der Waals surface area (Å²) in [5.74, 6) is 0.262. The first-order valence-corrected chi connectivity index (χ1v) is 10.3. The van der Waals surface area contributed by atoms with Crippen molar-refractivity contribution >= 4 is 5.91 Å². The van der Waals surface area contributed by atoms with Crippen molar-refractivity contribution in [1.29, 1.82) is 0 Å². The molecule has 1 aliphatic heterocycles. The second kappa shape index (κ2) is 8.88. The second-order valence-corrected chi connectivity index (χ2v) is 7.54. The first kappa shape index (κ1) is 18.5. The molecule has 2 aromatic rings. The Morgan fingerprint density at radius 2 is 1.68 bits per heavy atom. The molecule has 1 heterocycles. The maximum absolute atomic E-state index is 12.3. The maximum atomic E-state index is 12.3. The van der Waals surface area contributed by atoms with E-state index < -0.39 is 0 Å². The highest BCUT2D eigenvalue weighted by Crippen LogP contribution is 2.26. The fraction of sp³-hybridized carbons (Fsp3) is 0.269. The minimum atomic E-state index is 0.262. The zero-order valence-corrected chi connectivity index (χ0v) is 16.3. The van der Waals surface area contributed by atoms with Gasteiger partial charge in [0, 0.05) is 12.1 Å². The van der Waals surface area contributed by atoms with E-state index >= 15 is 0 Å². The number of carbonyl (C=O) groups excluding carboxylic acids is 1. The van der Waals surface area contributed by atoms with E-state index in [1.807, 2.05) is 11.0 Å². The lowest BCUT2D eigenvalue weighted by molar-refractivity contribution is -0.126. The number of amides is 1.